The number of ether oxygens (including phenoxy) is 2. The standard InChI is InChI=1S/C13H15N3O4/c1-19-8-3-4-12(20-2)10(5-8)16-13(18)6-11(17)9(7-14)15-16/h3-6,17H,7,14H2,1-2H3. The molecule has 1 aromatic heterocycles. The molecule has 0 aliphatic carbocycles. The van der Waals surface area contributed by atoms with E-state index in [9.17, 15) is 9.90 Å². The van der Waals surface area contributed by atoms with Gasteiger partial charge >= 0.3 is 0 Å². The van der Waals surface area contributed by atoms with Gasteiger partial charge in [-0.2, -0.15) is 9.78 Å². The normalized spacial score (nSPS) is 10.3. The number of aromatic hydroxyl groups is 1. The summed E-state index contributed by atoms with van der Waals surface area (Å²) in [5, 5.41) is 13.6. The van der Waals surface area contributed by atoms with Crippen LogP contribution in [0.25, 0.3) is 5.69 Å². The molecule has 0 saturated carbocycles. The third-order valence-corrected chi connectivity index (χ3v) is 2.79. The molecule has 20 heavy (non-hydrogen) atoms. The topological polar surface area (TPSA) is 99.6 Å². The molecule has 1 aromatic carbocycles. The maximum Gasteiger partial charge on any atom is 0.275 e. The molecular weight excluding hydrogens is 262 g/mol. The summed E-state index contributed by atoms with van der Waals surface area (Å²) in [6.45, 7) is 0.0123. The van der Waals surface area contributed by atoms with Crippen molar-refractivity contribution in [2.45, 2.75) is 6.54 Å². The van der Waals surface area contributed by atoms with Gasteiger partial charge in [0.1, 0.15) is 28.6 Å². The van der Waals surface area contributed by atoms with Gasteiger partial charge in [0.25, 0.3) is 5.56 Å². The van der Waals surface area contributed by atoms with Crippen LogP contribution in [0.5, 0.6) is 17.2 Å². The average molecular weight is 277 g/mol. The largest absolute Gasteiger partial charge is 0.506 e. The molecule has 0 amide bonds. The summed E-state index contributed by atoms with van der Waals surface area (Å²) in [4.78, 5) is 12.0. The lowest BCUT2D eigenvalue weighted by atomic mass is 10.2. The molecule has 2 rings (SSSR count). The van der Waals surface area contributed by atoms with Crippen molar-refractivity contribution in [2.24, 2.45) is 5.73 Å². The lowest BCUT2D eigenvalue weighted by Gasteiger charge is -2.12. The molecule has 0 saturated heterocycles. The van der Waals surface area contributed by atoms with E-state index in [1.165, 1.54) is 14.2 Å². The molecule has 0 radical (unpaired) electrons. The van der Waals surface area contributed by atoms with Gasteiger partial charge in [-0.15, -0.1) is 0 Å². The minimum absolute atomic E-state index is 0.0123. The van der Waals surface area contributed by atoms with Gasteiger partial charge in [0.2, 0.25) is 0 Å². The van der Waals surface area contributed by atoms with E-state index < -0.39 is 5.56 Å². The first-order chi connectivity index (χ1) is 9.60. The van der Waals surface area contributed by atoms with Crippen LogP contribution in [0.4, 0.5) is 0 Å². The average Bonchev–Trinajstić information content (AvgIpc) is 2.47. The van der Waals surface area contributed by atoms with Gasteiger partial charge in [0, 0.05) is 18.7 Å². The maximum absolute atomic E-state index is 12.0. The zero-order chi connectivity index (χ0) is 14.7. The summed E-state index contributed by atoms with van der Waals surface area (Å²) in [6.07, 6.45) is 0. The van der Waals surface area contributed by atoms with Gasteiger partial charge in [-0.3, -0.25) is 4.79 Å². The van der Waals surface area contributed by atoms with Gasteiger partial charge in [-0.25, -0.2) is 0 Å². The number of rotatable bonds is 4. The van der Waals surface area contributed by atoms with Crippen LogP contribution in [0.15, 0.2) is 29.1 Å². The molecule has 106 valence electrons. The van der Waals surface area contributed by atoms with Crippen LogP contribution in [0.1, 0.15) is 5.69 Å². The van der Waals surface area contributed by atoms with Crippen LogP contribution in [0, 0.1) is 0 Å². The number of hydrogen-bond acceptors (Lipinski definition) is 6. The summed E-state index contributed by atoms with van der Waals surface area (Å²) >= 11 is 0. The molecule has 2 aromatic rings. The summed E-state index contributed by atoms with van der Waals surface area (Å²) < 4.78 is 11.4. The molecule has 7 heteroatoms. The van der Waals surface area contributed by atoms with Crippen molar-refractivity contribution in [3.63, 3.8) is 0 Å². The molecule has 7 nitrogen and oxygen atoms in total. The SMILES string of the molecule is COc1ccc(OC)c(-n2nc(CN)c(O)cc2=O)c1. The zero-order valence-electron chi connectivity index (χ0n) is 11.2. The molecule has 0 bridgehead atoms. The Kier molecular flexibility index (Phi) is 3.90. The van der Waals surface area contributed by atoms with E-state index in [1.807, 2.05) is 0 Å². The molecular formula is C13H15N3O4. The highest BCUT2D eigenvalue weighted by atomic mass is 16.5. The smallest absolute Gasteiger partial charge is 0.275 e. The lowest BCUT2D eigenvalue weighted by Crippen LogP contribution is -2.23. The fraction of sp³-hybridized carbons (Fsp3) is 0.231. The number of nitrogens with two attached hydrogens (primary N) is 1. The Labute approximate surface area is 115 Å². The Hall–Kier alpha value is -2.54. The Balaban J connectivity index is 2.69. The highest BCUT2D eigenvalue weighted by Gasteiger charge is 2.13. The van der Waals surface area contributed by atoms with E-state index in [1.54, 1.807) is 18.2 Å². The molecule has 1 heterocycles. The van der Waals surface area contributed by atoms with Gasteiger partial charge in [0.15, 0.2) is 0 Å². The molecule has 0 atom stereocenters. The van der Waals surface area contributed by atoms with E-state index in [-0.39, 0.29) is 18.0 Å². The molecule has 0 spiro atoms. The number of methoxy groups -OCH3 is 2. The summed E-state index contributed by atoms with van der Waals surface area (Å²) in [5.41, 5.74) is 5.61. The Morgan fingerprint density at radius 2 is 2.05 bits per heavy atom. The number of hydrogen-bond donors (Lipinski definition) is 2. The highest BCUT2D eigenvalue weighted by molar-refractivity contribution is 5.51. The van der Waals surface area contributed by atoms with Crippen molar-refractivity contribution in [3.8, 4) is 22.9 Å². The van der Waals surface area contributed by atoms with E-state index in [0.717, 1.165) is 10.7 Å². The van der Waals surface area contributed by atoms with E-state index in [2.05, 4.69) is 5.10 Å². The van der Waals surface area contributed by atoms with E-state index in [0.29, 0.717) is 17.2 Å². The molecule has 0 aliphatic heterocycles. The number of aromatic nitrogens is 2. The molecule has 3 N–H and O–H groups in total. The maximum atomic E-state index is 12.0. The van der Waals surface area contributed by atoms with Crippen LogP contribution in [0.2, 0.25) is 0 Å². The molecule has 0 fully saturated rings. The van der Waals surface area contributed by atoms with Gasteiger partial charge in [0.05, 0.1) is 14.2 Å². The second kappa shape index (κ2) is 5.62. The monoisotopic (exact) mass is 277 g/mol. The van der Waals surface area contributed by atoms with E-state index in [4.69, 9.17) is 15.2 Å². The second-order valence-electron chi connectivity index (χ2n) is 3.97. The van der Waals surface area contributed by atoms with Crippen molar-refractivity contribution in [1.82, 2.24) is 9.78 Å². The van der Waals surface area contributed by atoms with Crippen molar-refractivity contribution in [1.29, 1.82) is 0 Å². The van der Waals surface area contributed by atoms with Crippen molar-refractivity contribution in [3.05, 3.63) is 40.3 Å². The second-order valence-corrected chi connectivity index (χ2v) is 3.97. The van der Waals surface area contributed by atoms with E-state index >= 15 is 0 Å². The zero-order valence-corrected chi connectivity index (χ0v) is 11.2. The van der Waals surface area contributed by atoms with Gasteiger partial charge < -0.3 is 20.3 Å². The van der Waals surface area contributed by atoms with Crippen molar-refractivity contribution < 1.29 is 14.6 Å². The molecule has 0 unspecified atom stereocenters. The predicted molar refractivity (Wildman–Crippen MR) is 72.5 cm³/mol. The fourth-order valence-electron chi connectivity index (χ4n) is 1.76. The third-order valence-electron chi connectivity index (χ3n) is 2.79. The third kappa shape index (κ3) is 2.43. The van der Waals surface area contributed by atoms with Gasteiger partial charge in [-0.1, -0.05) is 0 Å². The predicted octanol–water partition coefficient (Wildman–Crippen LogP) is 0.414. The first kappa shape index (κ1) is 13.9. The highest BCUT2D eigenvalue weighted by Crippen LogP contribution is 2.26. The fourth-order valence-corrected chi connectivity index (χ4v) is 1.76. The van der Waals surface area contributed by atoms with Crippen molar-refractivity contribution in [2.75, 3.05) is 14.2 Å². The van der Waals surface area contributed by atoms with Crippen LogP contribution in [-0.4, -0.2) is 29.1 Å². The minimum Gasteiger partial charge on any atom is -0.506 e. The Morgan fingerprint density at radius 3 is 2.65 bits per heavy atom. The first-order valence-corrected chi connectivity index (χ1v) is 5.85. The summed E-state index contributed by atoms with van der Waals surface area (Å²) in [5.74, 6) is 0.779. The van der Waals surface area contributed by atoms with Crippen LogP contribution in [0.3, 0.4) is 0 Å². The number of benzene rings is 1. The molecule has 0 aliphatic rings. The number of nitrogens with zero attached hydrogens (tertiary/aromatic N) is 2. The summed E-state index contributed by atoms with van der Waals surface area (Å²) in [6, 6.07) is 6.05. The Morgan fingerprint density at radius 1 is 1.30 bits per heavy atom. The lowest BCUT2D eigenvalue weighted by molar-refractivity contribution is 0.399. The van der Waals surface area contributed by atoms with Gasteiger partial charge in [-0.05, 0) is 12.1 Å². The van der Waals surface area contributed by atoms with Crippen molar-refractivity contribution >= 4 is 0 Å². The van der Waals surface area contributed by atoms with Crippen LogP contribution < -0.4 is 20.8 Å². The first-order valence-electron chi connectivity index (χ1n) is 5.85. The Bertz CT molecular complexity index is 682. The van der Waals surface area contributed by atoms with Crippen LogP contribution in [-0.2, 0) is 6.54 Å². The van der Waals surface area contributed by atoms with Crippen LogP contribution >= 0.6 is 0 Å². The quantitative estimate of drug-likeness (QED) is 0.840. The summed E-state index contributed by atoms with van der Waals surface area (Å²) in [7, 11) is 3.00. The minimum atomic E-state index is -0.494.